The summed E-state index contributed by atoms with van der Waals surface area (Å²) in [7, 11) is -3.51. The monoisotopic (exact) mass is 486 g/mol. The molecule has 0 aliphatic carbocycles. The molecule has 1 atom stereocenters. The van der Waals surface area contributed by atoms with Crippen molar-refractivity contribution >= 4 is 16.1 Å². The molecule has 4 rings (SSSR count). The van der Waals surface area contributed by atoms with Gasteiger partial charge < -0.3 is 15.4 Å². The van der Waals surface area contributed by atoms with E-state index in [1.54, 1.807) is 24.3 Å². The van der Waals surface area contributed by atoms with E-state index in [4.69, 9.17) is 4.74 Å². The Morgan fingerprint density at radius 1 is 0.941 bits per heavy atom. The van der Waals surface area contributed by atoms with Crippen LogP contribution in [0.2, 0.25) is 0 Å². The zero-order valence-corrected chi connectivity index (χ0v) is 20.3. The third-order valence-electron chi connectivity index (χ3n) is 6.39. The smallest absolute Gasteiger partial charge is 0.315 e. The van der Waals surface area contributed by atoms with E-state index in [0.717, 1.165) is 38.0 Å². The van der Waals surface area contributed by atoms with Gasteiger partial charge in [-0.1, -0.05) is 42.5 Å². The number of nitrogens with zero attached hydrogens (tertiary/aromatic N) is 2. The summed E-state index contributed by atoms with van der Waals surface area (Å²) in [4.78, 5) is 15.0. The molecule has 2 aromatic carbocycles. The lowest BCUT2D eigenvalue weighted by atomic mass is 9.97. The minimum Gasteiger partial charge on any atom is -0.379 e. The van der Waals surface area contributed by atoms with Crippen molar-refractivity contribution < 1.29 is 17.9 Å². The van der Waals surface area contributed by atoms with E-state index in [9.17, 15) is 13.2 Å². The van der Waals surface area contributed by atoms with E-state index < -0.39 is 10.0 Å². The molecular formula is C25H34N4O4S. The van der Waals surface area contributed by atoms with Crippen LogP contribution in [-0.2, 0) is 27.8 Å². The first-order valence-corrected chi connectivity index (χ1v) is 13.4. The van der Waals surface area contributed by atoms with Gasteiger partial charge in [0.1, 0.15) is 0 Å². The number of hydrogen-bond donors (Lipinski definition) is 2. The number of urea groups is 1. The third-order valence-corrected chi connectivity index (χ3v) is 8.30. The van der Waals surface area contributed by atoms with Crippen LogP contribution in [-0.4, -0.2) is 69.6 Å². The molecule has 2 heterocycles. The number of nitrogens with one attached hydrogen (secondary N) is 2. The summed E-state index contributed by atoms with van der Waals surface area (Å²) in [6.45, 7) is 5.59. The molecule has 2 amide bonds. The summed E-state index contributed by atoms with van der Waals surface area (Å²) >= 11 is 0. The molecule has 0 bridgehead atoms. The highest BCUT2D eigenvalue weighted by atomic mass is 32.2. The van der Waals surface area contributed by atoms with Crippen LogP contribution >= 0.6 is 0 Å². The zero-order chi connectivity index (χ0) is 23.8. The molecule has 2 fully saturated rings. The van der Waals surface area contributed by atoms with E-state index in [-0.39, 0.29) is 10.9 Å². The Bertz CT molecular complexity index is 1020. The molecule has 0 spiro atoms. The quantitative estimate of drug-likeness (QED) is 0.598. The van der Waals surface area contributed by atoms with Gasteiger partial charge in [0.2, 0.25) is 10.0 Å². The molecule has 1 unspecified atom stereocenters. The van der Waals surface area contributed by atoms with Gasteiger partial charge in [-0.15, -0.1) is 0 Å². The van der Waals surface area contributed by atoms with Crippen LogP contribution in [0.25, 0.3) is 0 Å². The summed E-state index contributed by atoms with van der Waals surface area (Å²) in [5, 5.41) is 5.87. The van der Waals surface area contributed by atoms with Crippen molar-refractivity contribution in [3.05, 3.63) is 65.7 Å². The van der Waals surface area contributed by atoms with E-state index in [0.29, 0.717) is 45.3 Å². The van der Waals surface area contributed by atoms with Gasteiger partial charge in [-0.2, -0.15) is 4.31 Å². The Morgan fingerprint density at radius 2 is 1.68 bits per heavy atom. The molecule has 9 heteroatoms. The topological polar surface area (TPSA) is 91.0 Å². The zero-order valence-electron chi connectivity index (χ0n) is 19.5. The summed E-state index contributed by atoms with van der Waals surface area (Å²) in [5.74, 6) is 0.438. The van der Waals surface area contributed by atoms with Gasteiger partial charge in [-0.25, -0.2) is 13.2 Å². The van der Waals surface area contributed by atoms with E-state index in [2.05, 4.69) is 39.8 Å². The molecule has 2 aromatic rings. The molecule has 2 N–H and O–H groups in total. The standard InChI is InChI=1S/C25H34N4O4S/c30-25(27-18-23-7-4-12-28(20-23)19-22-5-2-1-3-6-22)26-17-21-8-10-24(11-9-21)34(31,32)29-13-15-33-16-14-29/h1-3,5-6,8-11,23H,4,7,12-20H2,(H2,26,27,30). The Hall–Kier alpha value is -2.46. The molecule has 34 heavy (non-hydrogen) atoms. The normalized spacial score (nSPS) is 20.1. The van der Waals surface area contributed by atoms with Gasteiger partial charge in [-0.05, 0) is 48.6 Å². The minimum atomic E-state index is -3.51. The van der Waals surface area contributed by atoms with Gasteiger partial charge >= 0.3 is 6.03 Å². The van der Waals surface area contributed by atoms with Crippen molar-refractivity contribution in [2.45, 2.75) is 30.8 Å². The molecular weight excluding hydrogens is 452 g/mol. The van der Waals surface area contributed by atoms with Crippen molar-refractivity contribution in [1.29, 1.82) is 0 Å². The van der Waals surface area contributed by atoms with Crippen LogP contribution in [0.5, 0.6) is 0 Å². The molecule has 2 aliphatic heterocycles. The van der Waals surface area contributed by atoms with Crippen LogP contribution in [0.4, 0.5) is 4.79 Å². The SMILES string of the molecule is O=C(NCc1ccc(S(=O)(=O)N2CCOCC2)cc1)NCC1CCCN(Cc2ccccc2)C1. The Kier molecular flexibility index (Phi) is 8.55. The highest BCUT2D eigenvalue weighted by Gasteiger charge is 2.26. The second-order valence-electron chi connectivity index (χ2n) is 8.95. The number of hydrogen-bond acceptors (Lipinski definition) is 5. The summed E-state index contributed by atoms with van der Waals surface area (Å²) in [5.41, 5.74) is 2.17. The molecule has 2 aliphatic rings. The predicted molar refractivity (Wildman–Crippen MR) is 131 cm³/mol. The van der Waals surface area contributed by atoms with Crippen molar-refractivity contribution in [2.75, 3.05) is 45.9 Å². The lowest BCUT2D eigenvalue weighted by molar-refractivity contribution is 0.0730. The number of amides is 2. The maximum atomic E-state index is 12.7. The molecule has 8 nitrogen and oxygen atoms in total. The summed E-state index contributed by atoms with van der Waals surface area (Å²) in [6, 6.07) is 17.0. The van der Waals surface area contributed by atoms with Crippen LogP contribution in [0.15, 0.2) is 59.5 Å². The highest BCUT2D eigenvalue weighted by molar-refractivity contribution is 7.89. The van der Waals surface area contributed by atoms with Crippen molar-refractivity contribution in [3.8, 4) is 0 Å². The summed E-state index contributed by atoms with van der Waals surface area (Å²) < 4.78 is 32.1. The average Bonchev–Trinajstić information content (AvgIpc) is 2.88. The van der Waals surface area contributed by atoms with Crippen molar-refractivity contribution in [3.63, 3.8) is 0 Å². The van der Waals surface area contributed by atoms with Gasteiger partial charge in [0.05, 0.1) is 18.1 Å². The first-order valence-electron chi connectivity index (χ1n) is 12.0. The fourth-order valence-electron chi connectivity index (χ4n) is 4.50. The number of rotatable bonds is 8. The van der Waals surface area contributed by atoms with Gasteiger partial charge in [0.25, 0.3) is 0 Å². The molecule has 0 saturated carbocycles. The maximum absolute atomic E-state index is 12.7. The second kappa shape index (κ2) is 11.8. The Balaban J connectivity index is 1.19. The number of carbonyl (C=O) groups excluding carboxylic acids is 1. The first-order chi connectivity index (χ1) is 16.5. The highest BCUT2D eigenvalue weighted by Crippen LogP contribution is 2.19. The van der Waals surface area contributed by atoms with E-state index in [1.165, 1.54) is 9.87 Å². The predicted octanol–water partition coefficient (Wildman–Crippen LogP) is 2.42. The van der Waals surface area contributed by atoms with Crippen LogP contribution in [0.1, 0.15) is 24.0 Å². The maximum Gasteiger partial charge on any atom is 0.315 e. The first kappa shape index (κ1) is 24.7. The fraction of sp³-hybridized carbons (Fsp3) is 0.480. The van der Waals surface area contributed by atoms with Crippen LogP contribution in [0.3, 0.4) is 0 Å². The second-order valence-corrected chi connectivity index (χ2v) is 10.9. The lowest BCUT2D eigenvalue weighted by Crippen LogP contribution is -2.43. The van der Waals surface area contributed by atoms with Gasteiger partial charge in [-0.3, -0.25) is 4.90 Å². The Labute approximate surface area is 202 Å². The van der Waals surface area contributed by atoms with Crippen molar-refractivity contribution in [2.24, 2.45) is 5.92 Å². The number of likely N-dealkylation sites (tertiary alicyclic amines) is 1. The number of piperidine rings is 1. The van der Waals surface area contributed by atoms with Crippen LogP contribution in [0, 0.1) is 5.92 Å². The Morgan fingerprint density at radius 3 is 2.41 bits per heavy atom. The number of benzene rings is 2. The number of ether oxygens (including phenoxy) is 1. The largest absolute Gasteiger partial charge is 0.379 e. The van der Waals surface area contributed by atoms with Gasteiger partial charge in [0, 0.05) is 39.3 Å². The third kappa shape index (κ3) is 6.79. The molecule has 0 aromatic heterocycles. The molecule has 184 valence electrons. The number of sulfonamides is 1. The molecule has 0 radical (unpaired) electrons. The number of carbonyl (C=O) groups is 1. The van der Waals surface area contributed by atoms with Crippen molar-refractivity contribution in [1.82, 2.24) is 19.8 Å². The van der Waals surface area contributed by atoms with Crippen LogP contribution < -0.4 is 10.6 Å². The van der Waals surface area contributed by atoms with E-state index in [1.807, 2.05) is 6.07 Å². The lowest BCUT2D eigenvalue weighted by Gasteiger charge is -2.32. The minimum absolute atomic E-state index is 0.204. The fourth-order valence-corrected chi connectivity index (χ4v) is 5.91. The van der Waals surface area contributed by atoms with Gasteiger partial charge in [0.15, 0.2) is 0 Å². The number of morpholine rings is 1. The summed E-state index contributed by atoms with van der Waals surface area (Å²) in [6.07, 6.45) is 2.26. The van der Waals surface area contributed by atoms with E-state index >= 15 is 0 Å². The average molecular weight is 487 g/mol. The molecule has 2 saturated heterocycles.